The van der Waals surface area contributed by atoms with Gasteiger partial charge in [0.05, 0.1) is 5.69 Å². The van der Waals surface area contributed by atoms with Crippen molar-refractivity contribution in [3.63, 3.8) is 0 Å². The molecular weight excluding hydrogens is 367 g/mol. The fourth-order valence-electron chi connectivity index (χ4n) is 3.23. The number of hydrogen-bond donors (Lipinski definition) is 2. The average Bonchev–Trinajstić information content (AvgIpc) is 3.13. The van der Waals surface area contributed by atoms with Gasteiger partial charge in [-0.25, -0.2) is 9.37 Å². The first-order valence-corrected chi connectivity index (χ1v) is 9.56. The predicted octanol–water partition coefficient (Wildman–Crippen LogP) is 5.42. The molecule has 0 radical (unpaired) electrons. The smallest absolute Gasteiger partial charge is 0.228 e. The molecule has 1 amide bonds. The number of H-pyrrole nitrogens is 1. The first-order chi connectivity index (χ1) is 14.1. The van der Waals surface area contributed by atoms with E-state index < -0.39 is 0 Å². The van der Waals surface area contributed by atoms with Crippen LogP contribution in [0, 0.1) is 11.7 Å². The topological polar surface area (TPSA) is 70.7 Å². The quantitative estimate of drug-likeness (QED) is 0.480. The molecule has 3 aromatic heterocycles. The Balaban J connectivity index is 1.85. The molecule has 5 nitrogen and oxygen atoms in total. The molecule has 0 bridgehead atoms. The molecule has 1 aromatic carbocycles. The summed E-state index contributed by atoms with van der Waals surface area (Å²) in [6.07, 6.45) is 4.23. The van der Waals surface area contributed by atoms with Crippen molar-refractivity contribution in [3.8, 4) is 22.4 Å². The fourth-order valence-corrected chi connectivity index (χ4v) is 3.23. The van der Waals surface area contributed by atoms with E-state index in [1.54, 1.807) is 30.6 Å². The van der Waals surface area contributed by atoms with Gasteiger partial charge in [0.1, 0.15) is 17.3 Å². The number of nitrogens with one attached hydrogen (secondary N) is 2. The molecule has 0 saturated carbocycles. The highest BCUT2D eigenvalue weighted by molar-refractivity contribution is 6.03. The van der Waals surface area contributed by atoms with E-state index in [9.17, 15) is 9.18 Å². The maximum Gasteiger partial charge on any atom is 0.228 e. The Morgan fingerprint density at radius 3 is 2.48 bits per heavy atom. The minimum Gasteiger partial charge on any atom is -0.339 e. The van der Waals surface area contributed by atoms with Crippen molar-refractivity contribution in [2.75, 3.05) is 5.32 Å². The lowest BCUT2D eigenvalue weighted by Crippen LogP contribution is -2.20. The number of carbonyl (C=O) groups is 1. The van der Waals surface area contributed by atoms with Crippen LogP contribution in [-0.4, -0.2) is 20.9 Å². The minimum atomic E-state index is -0.288. The van der Waals surface area contributed by atoms with Crippen molar-refractivity contribution < 1.29 is 9.18 Å². The lowest BCUT2D eigenvalue weighted by molar-refractivity contribution is -0.119. The molecule has 4 aromatic rings. The highest BCUT2D eigenvalue weighted by Gasteiger charge is 2.17. The Morgan fingerprint density at radius 1 is 1.07 bits per heavy atom. The van der Waals surface area contributed by atoms with Crippen molar-refractivity contribution in [1.82, 2.24) is 15.0 Å². The maximum atomic E-state index is 13.4. The van der Waals surface area contributed by atoms with Gasteiger partial charge in [0.2, 0.25) is 5.91 Å². The number of pyridine rings is 2. The SMILES string of the molecule is CC[C@H](C)C(=O)Nc1ccc2c(-c3ccncc3)c(-c3ccc(F)cc3)[nH]c2n1. The van der Waals surface area contributed by atoms with E-state index in [2.05, 4.69) is 20.3 Å². The summed E-state index contributed by atoms with van der Waals surface area (Å²) in [7, 11) is 0. The summed E-state index contributed by atoms with van der Waals surface area (Å²) in [5.74, 6) is 0.0665. The average molecular weight is 388 g/mol. The number of halogens is 1. The van der Waals surface area contributed by atoms with Gasteiger partial charge >= 0.3 is 0 Å². The molecule has 0 spiro atoms. The van der Waals surface area contributed by atoms with Gasteiger partial charge in [-0.1, -0.05) is 13.8 Å². The zero-order valence-corrected chi connectivity index (χ0v) is 16.2. The highest BCUT2D eigenvalue weighted by atomic mass is 19.1. The Bertz CT molecular complexity index is 1150. The molecule has 1 atom stereocenters. The molecular formula is C23H21FN4O. The molecule has 0 saturated heterocycles. The molecule has 29 heavy (non-hydrogen) atoms. The zero-order valence-electron chi connectivity index (χ0n) is 16.2. The number of anilines is 1. The number of fused-ring (bicyclic) bond motifs is 1. The van der Waals surface area contributed by atoms with Crippen LogP contribution in [0.5, 0.6) is 0 Å². The van der Waals surface area contributed by atoms with Crippen LogP contribution in [0.4, 0.5) is 10.2 Å². The zero-order chi connectivity index (χ0) is 20.4. The highest BCUT2D eigenvalue weighted by Crippen LogP contribution is 2.38. The second-order valence-corrected chi connectivity index (χ2v) is 7.01. The Labute approximate surface area is 168 Å². The van der Waals surface area contributed by atoms with Crippen molar-refractivity contribution in [3.05, 3.63) is 66.7 Å². The summed E-state index contributed by atoms with van der Waals surface area (Å²) < 4.78 is 13.4. The van der Waals surface area contributed by atoms with Gasteiger partial charge in [-0.15, -0.1) is 0 Å². The van der Waals surface area contributed by atoms with E-state index >= 15 is 0 Å². The van der Waals surface area contributed by atoms with Crippen LogP contribution in [0.15, 0.2) is 60.9 Å². The van der Waals surface area contributed by atoms with Crippen LogP contribution in [0.25, 0.3) is 33.4 Å². The number of rotatable bonds is 5. The van der Waals surface area contributed by atoms with Gasteiger partial charge in [0.15, 0.2) is 0 Å². The maximum absolute atomic E-state index is 13.4. The molecule has 0 aliphatic rings. The number of aromatic nitrogens is 3. The molecule has 0 unspecified atom stereocenters. The van der Waals surface area contributed by atoms with Crippen LogP contribution in [0.3, 0.4) is 0 Å². The summed E-state index contributed by atoms with van der Waals surface area (Å²) in [4.78, 5) is 24.3. The first kappa shape index (κ1) is 18.8. The minimum absolute atomic E-state index is 0.0565. The van der Waals surface area contributed by atoms with E-state index in [1.807, 2.05) is 32.0 Å². The second kappa shape index (κ2) is 7.83. The normalized spacial score (nSPS) is 12.1. The van der Waals surface area contributed by atoms with Gasteiger partial charge in [-0.05, 0) is 66.1 Å². The van der Waals surface area contributed by atoms with Crippen LogP contribution >= 0.6 is 0 Å². The Kier molecular flexibility index (Phi) is 5.08. The number of aromatic amines is 1. The molecule has 6 heteroatoms. The molecule has 0 fully saturated rings. The summed E-state index contributed by atoms with van der Waals surface area (Å²) in [5.41, 5.74) is 4.27. The van der Waals surface area contributed by atoms with E-state index in [4.69, 9.17) is 0 Å². The number of carbonyl (C=O) groups excluding carboxylic acids is 1. The van der Waals surface area contributed by atoms with Gasteiger partial charge in [0.25, 0.3) is 0 Å². The molecule has 2 N–H and O–H groups in total. The number of amides is 1. The van der Waals surface area contributed by atoms with Crippen molar-refractivity contribution in [1.29, 1.82) is 0 Å². The Hall–Kier alpha value is -3.54. The molecule has 0 aliphatic heterocycles. The number of hydrogen-bond acceptors (Lipinski definition) is 3. The molecule has 0 aliphatic carbocycles. The van der Waals surface area contributed by atoms with Crippen LogP contribution in [0.2, 0.25) is 0 Å². The first-order valence-electron chi connectivity index (χ1n) is 9.56. The van der Waals surface area contributed by atoms with Gasteiger partial charge in [-0.2, -0.15) is 0 Å². The largest absolute Gasteiger partial charge is 0.339 e. The van der Waals surface area contributed by atoms with E-state index in [-0.39, 0.29) is 17.6 Å². The summed E-state index contributed by atoms with van der Waals surface area (Å²) in [6, 6.07) is 13.9. The van der Waals surface area contributed by atoms with Crippen LogP contribution in [0.1, 0.15) is 20.3 Å². The standard InChI is InChI=1S/C23H21FN4O/c1-3-14(2)23(29)27-19-9-8-18-20(15-10-12-25-13-11-15)21(28-22(18)26-19)16-4-6-17(24)7-5-16/h4-14H,3H2,1-2H3,(H2,26,27,28,29)/t14-/m0/s1. The third-order valence-corrected chi connectivity index (χ3v) is 5.07. The van der Waals surface area contributed by atoms with E-state index in [0.29, 0.717) is 11.5 Å². The number of nitrogens with zero attached hydrogens (tertiary/aromatic N) is 2. The van der Waals surface area contributed by atoms with Crippen molar-refractivity contribution >= 4 is 22.8 Å². The molecule has 4 rings (SSSR count). The van der Waals surface area contributed by atoms with E-state index in [1.165, 1.54) is 12.1 Å². The van der Waals surface area contributed by atoms with Crippen LogP contribution in [-0.2, 0) is 4.79 Å². The summed E-state index contributed by atoms with van der Waals surface area (Å²) in [5, 5.41) is 3.78. The van der Waals surface area contributed by atoms with Gasteiger partial charge in [0, 0.05) is 29.3 Å². The monoisotopic (exact) mass is 388 g/mol. The molecule has 146 valence electrons. The predicted molar refractivity (Wildman–Crippen MR) is 113 cm³/mol. The van der Waals surface area contributed by atoms with Crippen molar-refractivity contribution in [2.45, 2.75) is 20.3 Å². The Morgan fingerprint density at radius 2 is 1.79 bits per heavy atom. The number of benzene rings is 1. The summed E-state index contributed by atoms with van der Waals surface area (Å²) in [6.45, 7) is 3.86. The molecule has 3 heterocycles. The lowest BCUT2D eigenvalue weighted by atomic mass is 10.00. The summed E-state index contributed by atoms with van der Waals surface area (Å²) >= 11 is 0. The van der Waals surface area contributed by atoms with Gasteiger partial charge < -0.3 is 10.3 Å². The van der Waals surface area contributed by atoms with Crippen molar-refractivity contribution in [2.24, 2.45) is 5.92 Å². The van der Waals surface area contributed by atoms with Gasteiger partial charge in [-0.3, -0.25) is 9.78 Å². The fraction of sp³-hybridized carbons (Fsp3) is 0.174. The second-order valence-electron chi connectivity index (χ2n) is 7.01. The van der Waals surface area contributed by atoms with E-state index in [0.717, 1.165) is 34.2 Å². The third kappa shape index (κ3) is 3.74. The third-order valence-electron chi connectivity index (χ3n) is 5.07. The lowest BCUT2D eigenvalue weighted by Gasteiger charge is -2.09. The van der Waals surface area contributed by atoms with Crippen LogP contribution < -0.4 is 5.32 Å².